The number of esters is 1. The van der Waals surface area contributed by atoms with Crippen LogP contribution in [0.4, 0.5) is 0 Å². The second-order valence-electron chi connectivity index (χ2n) is 2.98. The van der Waals surface area contributed by atoms with Crippen molar-refractivity contribution in [3.8, 4) is 5.69 Å². The molecule has 5 nitrogen and oxygen atoms in total. The lowest BCUT2D eigenvalue weighted by molar-refractivity contribution is 0.0601. The van der Waals surface area contributed by atoms with Crippen molar-refractivity contribution in [2.24, 2.45) is 0 Å². The second kappa shape index (κ2) is 4.32. The molecular weight excluding hydrogens is 230 g/mol. The average Bonchev–Trinajstić information content (AvgIpc) is 2.81. The number of benzene rings is 1. The van der Waals surface area contributed by atoms with Gasteiger partial charge in [-0.1, -0.05) is 11.6 Å². The van der Waals surface area contributed by atoms with E-state index in [4.69, 9.17) is 11.6 Å². The number of hydrogen-bond acceptors (Lipinski definition) is 4. The number of methoxy groups -OCH3 is 1. The van der Waals surface area contributed by atoms with E-state index in [-0.39, 0.29) is 0 Å². The summed E-state index contributed by atoms with van der Waals surface area (Å²) in [7, 11) is 1.32. The van der Waals surface area contributed by atoms with E-state index in [2.05, 4.69) is 14.9 Å². The summed E-state index contributed by atoms with van der Waals surface area (Å²) in [5, 5.41) is 8.28. The summed E-state index contributed by atoms with van der Waals surface area (Å²) >= 11 is 6.01. The molecule has 2 rings (SSSR count). The van der Waals surface area contributed by atoms with Crippen molar-refractivity contribution in [3.05, 3.63) is 41.2 Å². The van der Waals surface area contributed by atoms with Crippen LogP contribution in [0, 0.1) is 0 Å². The van der Waals surface area contributed by atoms with Crippen LogP contribution in [0.1, 0.15) is 10.4 Å². The van der Waals surface area contributed by atoms with Crippen molar-refractivity contribution in [1.29, 1.82) is 0 Å². The van der Waals surface area contributed by atoms with Gasteiger partial charge in [0.05, 0.1) is 30.1 Å². The molecule has 82 valence electrons. The van der Waals surface area contributed by atoms with Crippen molar-refractivity contribution in [2.75, 3.05) is 7.11 Å². The minimum absolute atomic E-state index is 0.388. The van der Waals surface area contributed by atoms with Crippen LogP contribution in [0.2, 0.25) is 5.02 Å². The molecule has 6 heteroatoms. The molecule has 16 heavy (non-hydrogen) atoms. The Balaban J connectivity index is 2.41. The van der Waals surface area contributed by atoms with Crippen LogP contribution >= 0.6 is 11.6 Å². The number of rotatable bonds is 2. The summed E-state index contributed by atoms with van der Waals surface area (Å²) in [4.78, 5) is 12.6. The predicted molar refractivity (Wildman–Crippen MR) is 57.7 cm³/mol. The maximum atomic E-state index is 11.2. The van der Waals surface area contributed by atoms with Gasteiger partial charge < -0.3 is 4.74 Å². The number of aromatic nitrogens is 3. The molecule has 1 heterocycles. The highest BCUT2D eigenvalue weighted by molar-refractivity contribution is 6.32. The molecule has 0 fully saturated rings. The lowest BCUT2D eigenvalue weighted by atomic mass is 10.2. The van der Waals surface area contributed by atoms with Gasteiger partial charge in [0, 0.05) is 0 Å². The number of carbonyl (C=O) groups is 1. The minimum Gasteiger partial charge on any atom is -0.465 e. The van der Waals surface area contributed by atoms with Crippen LogP contribution in [0.25, 0.3) is 5.69 Å². The molecule has 0 radical (unpaired) electrons. The van der Waals surface area contributed by atoms with Crippen molar-refractivity contribution in [2.45, 2.75) is 0 Å². The van der Waals surface area contributed by atoms with Gasteiger partial charge in [0.15, 0.2) is 0 Å². The molecule has 0 spiro atoms. The highest BCUT2D eigenvalue weighted by Crippen LogP contribution is 2.20. The maximum absolute atomic E-state index is 11.2. The fourth-order valence-electron chi connectivity index (χ4n) is 1.25. The Morgan fingerprint density at radius 2 is 2.06 bits per heavy atom. The van der Waals surface area contributed by atoms with Crippen LogP contribution < -0.4 is 0 Å². The highest BCUT2D eigenvalue weighted by atomic mass is 35.5. The Kier molecular flexibility index (Phi) is 2.87. The summed E-state index contributed by atoms with van der Waals surface area (Å²) in [6.45, 7) is 0. The van der Waals surface area contributed by atoms with E-state index in [0.717, 1.165) is 0 Å². The highest BCUT2D eigenvalue weighted by Gasteiger charge is 2.10. The van der Waals surface area contributed by atoms with E-state index in [0.29, 0.717) is 16.3 Å². The number of hydrogen-bond donors (Lipinski definition) is 0. The van der Waals surface area contributed by atoms with Gasteiger partial charge in [-0.2, -0.15) is 15.0 Å². The monoisotopic (exact) mass is 237 g/mol. The normalized spacial score (nSPS) is 10.1. The first-order chi connectivity index (χ1) is 7.72. The molecule has 0 saturated heterocycles. The smallest absolute Gasteiger partial charge is 0.337 e. The van der Waals surface area contributed by atoms with Gasteiger partial charge in [-0.3, -0.25) is 0 Å². The quantitative estimate of drug-likeness (QED) is 0.746. The zero-order valence-corrected chi connectivity index (χ0v) is 9.18. The molecule has 2 aromatic rings. The fraction of sp³-hybridized carbons (Fsp3) is 0.100. The van der Waals surface area contributed by atoms with Gasteiger partial charge in [-0.05, 0) is 18.2 Å². The molecule has 0 unspecified atom stereocenters. The zero-order chi connectivity index (χ0) is 11.5. The van der Waals surface area contributed by atoms with Crippen LogP contribution in [0.5, 0.6) is 0 Å². The van der Waals surface area contributed by atoms with E-state index in [9.17, 15) is 4.79 Å². The van der Waals surface area contributed by atoms with Crippen LogP contribution in [0.3, 0.4) is 0 Å². The Morgan fingerprint density at radius 1 is 1.38 bits per heavy atom. The number of ether oxygens (including phenoxy) is 1. The van der Waals surface area contributed by atoms with Gasteiger partial charge >= 0.3 is 5.97 Å². The third-order valence-electron chi connectivity index (χ3n) is 2.00. The van der Waals surface area contributed by atoms with E-state index >= 15 is 0 Å². The summed E-state index contributed by atoms with van der Waals surface area (Å²) in [6.07, 6.45) is 3.09. The topological polar surface area (TPSA) is 57.0 Å². The number of carbonyl (C=O) groups excluding carboxylic acids is 1. The lowest BCUT2D eigenvalue weighted by Crippen LogP contribution is -2.04. The molecule has 0 atom stereocenters. The lowest BCUT2D eigenvalue weighted by Gasteiger charge is -2.04. The Labute approximate surface area is 96.6 Å². The van der Waals surface area contributed by atoms with Gasteiger partial charge in [-0.15, -0.1) is 0 Å². The first-order valence-electron chi connectivity index (χ1n) is 4.47. The van der Waals surface area contributed by atoms with Gasteiger partial charge in [0.2, 0.25) is 0 Å². The summed E-state index contributed by atoms with van der Waals surface area (Å²) in [6, 6.07) is 4.79. The van der Waals surface area contributed by atoms with Gasteiger partial charge in [0.1, 0.15) is 5.69 Å². The Morgan fingerprint density at radius 3 is 2.62 bits per heavy atom. The van der Waals surface area contributed by atoms with E-state index in [1.165, 1.54) is 18.0 Å². The third-order valence-corrected chi connectivity index (χ3v) is 2.31. The first kappa shape index (κ1) is 10.6. The SMILES string of the molecule is COC(=O)c1ccc(-n2nccn2)c(Cl)c1. The molecule has 0 N–H and O–H groups in total. The Hall–Kier alpha value is -1.88. The molecule has 1 aromatic carbocycles. The molecule has 0 saturated carbocycles. The van der Waals surface area contributed by atoms with Crippen molar-refractivity contribution in [1.82, 2.24) is 15.0 Å². The standard InChI is InChI=1S/C10H8ClN3O2/c1-16-10(15)7-2-3-9(8(11)6-7)14-12-4-5-13-14/h2-6H,1H3. The molecule has 0 aliphatic carbocycles. The van der Waals surface area contributed by atoms with Crippen LogP contribution in [-0.4, -0.2) is 28.1 Å². The van der Waals surface area contributed by atoms with Crippen molar-refractivity contribution in [3.63, 3.8) is 0 Å². The second-order valence-corrected chi connectivity index (χ2v) is 3.38. The Bertz CT molecular complexity index is 511. The molecule has 1 aromatic heterocycles. The molecule has 0 aliphatic heterocycles. The van der Waals surface area contributed by atoms with Crippen LogP contribution in [0.15, 0.2) is 30.6 Å². The van der Waals surface area contributed by atoms with E-state index in [1.807, 2.05) is 0 Å². The van der Waals surface area contributed by atoms with Crippen LogP contribution in [-0.2, 0) is 4.74 Å². The minimum atomic E-state index is -0.429. The summed E-state index contributed by atoms with van der Waals surface area (Å²) in [5.74, 6) is -0.429. The largest absolute Gasteiger partial charge is 0.465 e. The molecule has 0 aliphatic rings. The summed E-state index contributed by atoms with van der Waals surface area (Å²) < 4.78 is 4.59. The molecule has 0 bridgehead atoms. The van der Waals surface area contributed by atoms with Crippen molar-refractivity contribution < 1.29 is 9.53 Å². The van der Waals surface area contributed by atoms with Crippen molar-refractivity contribution >= 4 is 17.6 Å². The maximum Gasteiger partial charge on any atom is 0.337 e. The van der Waals surface area contributed by atoms with Gasteiger partial charge in [0.25, 0.3) is 0 Å². The summed E-state index contributed by atoms with van der Waals surface area (Å²) in [5.41, 5.74) is 1.00. The van der Waals surface area contributed by atoms with Gasteiger partial charge in [-0.25, -0.2) is 4.79 Å². The number of nitrogens with zero attached hydrogens (tertiary/aromatic N) is 3. The predicted octanol–water partition coefficient (Wildman–Crippen LogP) is 1.71. The third kappa shape index (κ3) is 1.90. The van der Waals surface area contributed by atoms with E-state index in [1.54, 1.807) is 24.5 Å². The molecule has 0 amide bonds. The fourth-order valence-corrected chi connectivity index (χ4v) is 1.51. The molecular formula is C10H8ClN3O2. The van der Waals surface area contributed by atoms with E-state index < -0.39 is 5.97 Å². The zero-order valence-electron chi connectivity index (χ0n) is 8.42. The number of halogens is 1. The average molecular weight is 238 g/mol. The first-order valence-corrected chi connectivity index (χ1v) is 4.84.